The molecule has 0 aliphatic heterocycles. The predicted octanol–water partition coefficient (Wildman–Crippen LogP) is 3.50. The number of benzene rings is 2. The summed E-state index contributed by atoms with van der Waals surface area (Å²) in [7, 11) is 4.02. The third-order valence-electron chi connectivity index (χ3n) is 2.89. The Bertz CT molecular complexity index is 578. The van der Waals surface area contributed by atoms with E-state index in [1.165, 1.54) is 0 Å². The fraction of sp³-hybridized carbons (Fsp3) is 0.267. The van der Waals surface area contributed by atoms with Crippen LogP contribution in [0.25, 0.3) is 10.8 Å². The highest BCUT2D eigenvalue weighted by molar-refractivity contribution is 6.02. The minimum Gasteiger partial charge on any atom is -0.377 e. The summed E-state index contributed by atoms with van der Waals surface area (Å²) in [6, 6.07) is 11.8. The van der Waals surface area contributed by atoms with E-state index >= 15 is 0 Å². The second kappa shape index (κ2) is 4.58. The average molecular weight is 228 g/mol. The molecule has 0 saturated heterocycles. The van der Waals surface area contributed by atoms with Gasteiger partial charge in [0.1, 0.15) is 0 Å². The first-order valence-corrected chi connectivity index (χ1v) is 5.66. The maximum atomic E-state index is 11.8. The lowest BCUT2D eigenvalue weighted by Crippen LogP contribution is -2.09. The molecule has 0 unspecified atom stereocenters. The number of carbonyl (C=O) groups is 1. The molecule has 0 spiro atoms. The Labute approximate surface area is 103 Å². The van der Waals surface area contributed by atoms with Crippen LogP contribution in [0.15, 0.2) is 36.4 Å². The summed E-state index contributed by atoms with van der Waals surface area (Å²) >= 11 is 0. The van der Waals surface area contributed by atoms with Crippen LogP contribution < -0.4 is 4.90 Å². The van der Waals surface area contributed by atoms with Crippen LogP contribution in [-0.4, -0.2) is 19.9 Å². The summed E-state index contributed by atoms with van der Waals surface area (Å²) in [5.74, 6) is 0.0437. The van der Waals surface area contributed by atoms with Crippen molar-refractivity contribution in [3.05, 3.63) is 42.0 Å². The van der Waals surface area contributed by atoms with Crippen molar-refractivity contribution >= 4 is 22.2 Å². The van der Waals surface area contributed by atoms with E-state index in [4.69, 9.17) is 1.37 Å². The molecule has 0 heterocycles. The van der Waals surface area contributed by atoms with Crippen LogP contribution in [0.2, 0.25) is 0 Å². The van der Waals surface area contributed by atoms with E-state index < -0.39 is 0 Å². The Morgan fingerprint density at radius 3 is 2.82 bits per heavy atom. The van der Waals surface area contributed by atoms with Gasteiger partial charge in [0.25, 0.3) is 0 Å². The fourth-order valence-corrected chi connectivity index (χ4v) is 1.97. The van der Waals surface area contributed by atoms with Gasteiger partial charge in [-0.05, 0) is 17.5 Å². The van der Waals surface area contributed by atoms with E-state index in [-0.39, 0.29) is 12.7 Å². The molecule has 2 rings (SSSR count). The number of nitrogens with zero attached hydrogens (tertiary/aromatic N) is 1. The molecular weight excluding hydrogens is 210 g/mol. The largest absolute Gasteiger partial charge is 0.377 e. The highest BCUT2D eigenvalue weighted by Gasteiger charge is 2.06. The van der Waals surface area contributed by atoms with Crippen LogP contribution in [0, 0.1) is 0 Å². The van der Waals surface area contributed by atoms with Gasteiger partial charge in [0.15, 0.2) is 5.78 Å². The van der Waals surface area contributed by atoms with Crippen molar-refractivity contribution in [2.45, 2.75) is 13.3 Å². The molecule has 2 aromatic carbocycles. The van der Waals surface area contributed by atoms with Crippen molar-refractivity contribution in [2.75, 3.05) is 19.0 Å². The number of anilines is 1. The van der Waals surface area contributed by atoms with Gasteiger partial charge in [-0.2, -0.15) is 0 Å². The van der Waals surface area contributed by atoms with Crippen molar-refractivity contribution < 1.29 is 6.17 Å². The van der Waals surface area contributed by atoms with Crippen molar-refractivity contribution in [3.8, 4) is 0 Å². The summed E-state index contributed by atoms with van der Waals surface area (Å²) in [5, 5.41) is 2.21. The number of ketones is 1. The molecule has 17 heavy (non-hydrogen) atoms. The summed E-state index contributed by atoms with van der Waals surface area (Å²) in [6.07, 6.45) is 0.291. The Balaban J connectivity index is 2.50. The lowest BCUT2D eigenvalue weighted by atomic mass is 10.0. The van der Waals surface area contributed by atoms with Crippen LogP contribution in [-0.2, 0) is 0 Å². The van der Waals surface area contributed by atoms with Gasteiger partial charge >= 0.3 is 0 Å². The molecule has 2 heteroatoms. The van der Waals surface area contributed by atoms with Crippen molar-refractivity contribution in [1.29, 1.82) is 0 Å². The SMILES string of the molecule is [2H]CCC(=O)c1ccc2c(N(C)C)cccc2c1. The Morgan fingerprint density at radius 2 is 2.12 bits per heavy atom. The molecule has 0 radical (unpaired) electrons. The number of Topliss-reactive ketones (excluding diaryl/α,β-unsaturated/α-hetero) is 1. The molecular formula is C15H17NO. The minimum absolute atomic E-state index is 0.0437. The van der Waals surface area contributed by atoms with Crippen LogP contribution in [0.1, 0.15) is 25.0 Å². The van der Waals surface area contributed by atoms with Gasteiger partial charge in [-0.1, -0.05) is 31.2 Å². The quantitative estimate of drug-likeness (QED) is 0.749. The van der Waals surface area contributed by atoms with Gasteiger partial charge in [-0.15, -0.1) is 0 Å². The first kappa shape index (κ1) is 10.3. The molecule has 0 saturated carbocycles. The molecule has 0 atom stereocenters. The van der Waals surface area contributed by atoms with E-state index in [2.05, 4.69) is 11.0 Å². The lowest BCUT2D eigenvalue weighted by molar-refractivity contribution is 0.0988. The van der Waals surface area contributed by atoms with E-state index in [0.29, 0.717) is 12.0 Å². The molecule has 0 bridgehead atoms. The van der Waals surface area contributed by atoms with Gasteiger partial charge in [0.2, 0.25) is 0 Å². The smallest absolute Gasteiger partial charge is 0.162 e. The molecule has 0 aromatic heterocycles. The van der Waals surface area contributed by atoms with Gasteiger partial charge in [0, 0.05) is 38.5 Å². The highest BCUT2D eigenvalue weighted by atomic mass is 16.1. The number of fused-ring (bicyclic) bond motifs is 1. The Kier molecular flexibility index (Phi) is 2.78. The summed E-state index contributed by atoms with van der Waals surface area (Å²) in [6.45, 7) is 0.147. The monoisotopic (exact) mass is 228 g/mol. The number of carbonyl (C=O) groups excluding carboxylic acids is 1. The molecule has 2 aromatic rings. The van der Waals surface area contributed by atoms with Crippen LogP contribution in [0.4, 0.5) is 5.69 Å². The van der Waals surface area contributed by atoms with Crippen molar-refractivity contribution in [2.24, 2.45) is 0 Å². The third kappa shape index (κ3) is 2.16. The molecule has 0 aliphatic rings. The predicted molar refractivity (Wildman–Crippen MR) is 72.9 cm³/mol. The molecule has 2 nitrogen and oxygen atoms in total. The van der Waals surface area contributed by atoms with Gasteiger partial charge < -0.3 is 4.90 Å². The normalized spacial score (nSPS) is 11.3. The maximum absolute atomic E-state index is 11.8. The molecule has 0 fully saturated rings. The highest BCUT2D eigenvalue weighted by Crippen LogP contribution is 2.26. The number of hydrogen-bond acceptors (Lipinski definition) is 2. The Morgan fingerprint density at radius 1 is 1.29 bits per heavy atom. The van der Waals surface area contributed by atoms with E-state index in [9.17, 15) is 4.79 Å². The van der Waals surface area contributed by atoms with Crippen LogP contribution >= 0.6 is 0 Å². The average Bonchev–Trinajstić information content (AvgIpc) is 2.37. The molecule has 0 amide bonds. The van der Waals surface area contributed by atoms with E-state index in [1.54, 1.807) is 0 Å². The fourth-order valence-electron chi connectivity index (χ4n) is 1.97. The topological polar surface area (TPSA) is 20.3 Å². The molecule has 0 aliphatic carbocycles. The zero-order valence-electron chi connectivity index (χ0n) is 11.2. The lowest BCUT2D eigenvalue weighted by Gasteiger charge is -2.15. The van der Waals surface area contributed by atoms with Crippen LogP contribution in [0.5, 0.6) is 0 Å². The van der Waals surface area contributed by atoms with Gasteiger partial charge in [0.05, 0.1) is 0 Å². The Hall–Kier alpha value is -1.83. The standard InChI is InChI=1S/C15H17NO/c1-4-15(17)12-8-9-13-11(10-12)6-5-7-14(13)16(2)3/h5-10H,4H2,1-3H3/i1D. The van der Waals surface area contributed by atoms with Crippen LogP contribution in [0.3, 0.4) is 0 Å². The van der Waals surface area contributed by atoms with Crippen molar-refractivity contribution in [1.82, 2.24) is 0 Å². The van der Waals surface area contributed by atoms with E-state index in [1.807, 2.05) is 44.4 Å². The summed E-state index contributed by atoms with van der Waals surface area (Å²) in [4.78, 5) is 13.8. The summed E-state index contributed by atoms with van der Waals surface area (Å²) < 4.78 is 7.11. The molecule has 88 valence electrons. The zero-order chi connectivity index (χ0) is 13.1. The third-order valence-corrected chi connectivity index (χ3v) is 2.89. The summed E-state index contributed by atoms with van der Waals surface area (Å²) in [5.41, 5.74) is 1.85. The van der Waals surface area contributed by atoms with E-state index in [0.717, 1.165) is 16.5 Å². The van der Waals surface area contributed by atoms with Crippen molar-refractivity contribution in [3.63, 3.8) is 0 Å². The minimum atomic E-state index is 0.0437. The first-order valence-electron chi connectivity index (χ1n) is 6.36. The van der Waals surface area contributed by atoms with Gasteiger partial charge in [-0.25, -0.2) is 0 Å². The molecule has 0 N–H and O–H groups in total. The first-order chi connectivity index (χ1) is 8.63. The second-order valence-electron chi connectivity index (χ2n) is 4.28. The number of rotatable bonds is 3. The number of hydrogen-bond donors (Lipinski definition) is 0. The second-order valence-corrected chi connectivity index (χ2v) is 4.28. The zero-order valence-corrected chi connectivity index (χ0v) is 10.2. The maximum Gasteiger partial charge on any atom is 0.162 e. The van der Waals surface area contributed by atoms with Gasteiger partial charge in [-0.3, -0.25) is 4.79 Å².